The maximum Gasteiger partial charge on any atom is 0.295 e. The normalized spacial score (nSPS) is 17.0. The lowest BCUT2D eigenvalue weighted by Crippen LogP contribution is -2.32. The second kappa shape index (κ2) is 11.3. The third kappa shape index (κ3) is 6.01. The van der Waals surface area contributed by atoms with Crippen LogP contribution in [0.4, 0.5) is 0 Å². The molecule has 1 saturated heterocycles. The van der Waals surface area contributed by atoms with Crippen molar-refractivity contribution in [3.63, 3.8) is 0 Å². The van der Waals surface area contributed by atoms with E-state index in [1.165, 1.54) is 17.0 Å². The lowest BCUT2D eigenvalue weighted by Gasteiger charge is -2.26. The van der Waals surface area contributed by atoms with Gasteiger partial charge in [-0.3, -0.25) is 9.59 Å². The van der Waals surface area contributed by atoms with Gasteiger partial charge in [0.1, 0.15) is 23.9 Å². The minimum absolute atomic E-state index is 0.00822. The zero-order valence-electron chi connectivity index (χ0n) is 21.3. The first-order chi connectivity index (χ1) is 17.7. The van der Waals surface area contributed by atoms with Crippen LogP contribution in [0.2, 0.25) is 0 Å². The fourth-order valence-corrected chi connectivity index (χ4v) is 4.54. The van der Waals surface area contributed by atoms with E-state index in [0.29, 0.717) is 36.4 Å². The average molecular weight is 501 g/mol. The van der Waals surface area contributed by atoms with Gasteiger partial charge < -0.3 is 24.7 Å². The maximum absolute atomic E-state index is 13.1. The molecule has 1 unspecified atom stereocenters. The molecule has 1 aliphatic rings. The number of phenols is 1. The van der Waals surface area contributed by atoms with Crippen molar-refractivity contribution in [1.29, 1.82) is 0 Å². The molecule has 0 bridgehead atoms. The number of aryl methyl sites for hydroxylation is 1. The molecule has 37 heavy (non-hydrogen) atoms. The quantitative estimate of drug-likeness (QED) is 0.253. The summed E-state index contributed by atoms with van der Waals surface area (Å²) >= 11 is 0. The molecule has 0 aliphatic carbocycles. The Labute approximate surface area is 217 Å². The second-order valence-electron chi connectivity index (χ2n) is 9.55. The maximum atomic E-state index is 13.1. The van der Waals surface area contributed by atoms with Gasteiger partial charge in [0.2, 0.25) is 0 Å². The fourth-order valence-electron chi connectivity index (χ4n) is 4.54. The van der Waals surface area contributed by atoms with E-state index in [9.17, 15) is 19.8 Å². The molecule has 1 atom stereocenters. The van der Waals surface area contributed by atoms with E-state index in [2.05, 4.69) is 6.07 Å². The van der Waals surface area contributed by atoms with E-state index in [-0.39, 0.29) is 17.1 Å². The molecule has 4 rings (SSSR count). The molecule has 7 nitrogen and oxygen atoms in total. The second-order valence-corrected chi connectivity index (χ2v) is 9.55. The first-order valence-electron chi connectivity index (χ1n) is 12.3. The Bertz CT molecular complexity index is 1310. The van der Waals surface area contributed by atoms with Gasteiger partial charge in [-0.1, -0.05) is 42.0 Å². The first kappa shape index (κ1) is 26.0. The lowest BCUT2D eigenvalue weighted by molar-refractivity contribution is -0.139. The molecule has 0 aromatic heterocycles. The summed E-state index contributed by atoms with van der Waals surface area (Å²) in [6.45, 7) is 3.50. The van der Waals surface area contributed by atoms with Crippen LogP contribution in [0.5, 0.6) is 11.5 Å². The van der Waals surface area contributed by atoms with Crippen molar-refractivity contribution in [3.8, 4) is 11.5 Å². The van der Waals surface area contributed by atoms with Crippen molar-refractivity contribution < 1.29 is 24.5 Å². The van der Waals surface area contributed by atoms with E-state index in [0.717, 1.165) is 17.7 Å². The largest absolute Gasteiger partial charge is 0.508 e. The minimum Gasteiger partial charge on any atom is -0.508 e. The number of rotatable bonds is 9. The first-order valence-corrected chi connectivity index (χ1v) is 12.3. The SMILES string of the molecule is Cc1cccc(COc2ccc(/C(O)=C3/C(=O)C(=O)N(CCCN(C)C)C3c3cccc(O)c3)cc2)c1. The number of hydrogen-bond acceptors (Lipinski definition) is 6. The summed E-state index contributed by atoms with van der Waals surface area (Å²) in [5, 5.41) is 21.3. The highest BCUT2D eigenvalue weighted by Crippen LogP contribution is 2.40. The van der Waals surface area contributed by atoms with Crippen LogP contribution in [-0.4, -0.2) is 58.9 Å². The van der Waals surface area contributed by atoms with Crippen molar-refractivity contribution in [2.45, 2.75) is 26.0 Å². The molecule has 0 saturated carbocycles. The Morgan fingerprint density at radius 1 is 1.00 bits per heavy atom. The Morgan fingerprint density at radius 3 is 2.41 bits per heavy atom. The molecule has 3 aromatic carbocycles. The number of ketones is 1. The number of carbonyl (C=O) groups is 2. The van der Waals surface area contributed by atoms with Crippen LogP contribution >= 0.6 is 0 Å². The third-order valence-electron chi connectivity index (χ3n) is 6.35. The number of hydrogen-bond donors (Lipinski definition) is 2. The zero-order chi connectivity index (χ0) is 26.5. The minimum atomic E-state index is -0.800. The van der Waals surface area contributed by atoms with Gasteiger partial charge in [-0.25, -0.2) is 0 Å². The number of aromatic hydroxyl groups is 1. The molecule has 7 heteroatoms. The summed E-state index contributed by atoms with van der Waals surface area (Å²) in [4.78, 5) is 29.7. The number of carbonyl (C=O) groups excluding carboxylic acids is 2. The highest BCUT2D eigenvalue weighted by Gasteiger charge is 2.45. The molecule has 1 aliphatic heterocycles. The number of aliphatic hydroxyl groups is 1. The third-order valence-corrected chi connectivity index (χ3v) is 6.35. The summed E-state index contributed by atoms with van der Waals surface area (Å²) in [7, 11) is 3.88. The highest BCUT2D eigenvalue weighted by atomic mass is 16.5. The Balaban J connectivity index is 1.63. The summed E-state index contributed by atoms with van der Waals surface area (Å²) in [5.41, 5.74) is 3.17. The van der Waals surface area contributed by atoms with Crippen LogP contribution in [0.25, 0.3) is 5.76 Å². The number of amides is 1. The van der Waals surface area contributed by atoms with Crippen LogP contribution in [0.15, 0.2) is 78.4 Å². The van der Waals surface area contributed by atoms with Crippen LogP contribution in [0.3, 0.4) is 0 Å². The number of aliphatic hydroxyl groups excluding tert-OH is 1. The van der Waals surface area contributed by atoms with Crippen molar-refractivity contribution in [2.75, 3.05) is 27.2 Å². The number of benzene rings is 3. The van der Waals surface area contributed by atoms with Crippen LogP contribution < -0.4 is 4.74 Å². The zero-order valence-corrected chi connectivity index (χ0v) is 21.3. The number of nitrogens with zero attached hydrogens (tertiary/aromatic N) is 2. The van der Waals surface area contributed by atoms with Gasteiger partial charge >= 0.3 is 0 Å². The number of Topliss-reactive ketones (excluding diaryl/α,β-unsaturated/α-hetero) is 1. The van der Waals surface area contributed by atoms with Gasteiger partial charge in [0.25, 0.3) is 11.7 Å². The van der Waals surface area contributed by atoms with E-state index in [4.69, 9.17) is 4.74 Å². The molecular weight excluding hydrogens is 468 g/mol. The van der Waals surface area contributed by atoms with E-state index < -0.39 is 17.7 Å². The van der Waals surface area contributed by atoms with Gasteiger partial charge in [-0.2, -0.15) is 0 Å². The Morgan fingerprint density at radius 2 is 1.73 bits per heavy atom. The van der Waals surface area contributed by atoms with Crippen molar-refractivity contribution in [2.24, 2.45) is 0 Å². The standard InChI is InChI=1S/C30H32N2O5/c1-20-7-4-8-21(17-20)19-37-25-13-11-22(12-14-25)28(34)26-27(23-9-5-10-24(33)18-23)32(30(36)29(26)35)16-6-15-31(2)3/h4-5,7-14,17-18,27,33-34H,6,15-16,19H2,1-3H3/b28-26-. The molecular formula is C30H32N2O5. The fraction of sp³-hybridized carbons (Fsp3) is 0.267. The van der Waals surface area contributed by atoms with Gasteiger partial charge in [-0.15, -0.1) is 0 Å². The van der Waals surface area contributed by atoms with Gasteiger partial charge in [0, 0.05) is 12.1 Å². The van der Waals surface area contributed by atoms with E-state index >= 15 is 0 Å². The molecule has 3 aromatic rings. The van der Waals surface area contributed by atoms with Crippen molar-refractivity contribution in [3.05, 3.63) is 101 Å². The summed E-state index contributed by atoms with van der Waals surface area (Å²) in [5.74, 6) is -1.02. The number of ether oxygens (including phenoxy) is 1. The number of likely N-dealkylation sites (tertiary alicyclic amines) is 1. The van der Waals surface area contributed by atoms with Gasteiger partial charge in [-0.05, 0) is 81.5 Å². The van der Waals surface area contributed by atoms with Gasteiger partial charge in [0.05, 0.1) is 11.6 Å². The van der Waals surface area contributed by atoms with Crippen molar-refractivity contribution in [1.82, 2.24) is 9.80 Å². The molecule has 1 amide bonds. The molecule has 1 heterocycles. The van der Waals surface area contributed by atoms with Crippen LogP contribution in [0, 0.1) is 6.92 Å². The Hall–Kier alpha value is -4.10. The lowest BCUT2D eigenvalue weighted by atomic mass is 9.95. The summed E-state index contributed by atoms with van der Waals surface area (Å²) in [6, 6.07) is 20.5. The monoisotopic (exact) mass is 500 g/mol. The average Bonchev–Trinajstić information content (AvgIpc) is 3.12. The topological polar surface area (TPSA) is 90.3 Å². The molecule has 192 valence electrons. The molecule has 0 radical (unpaired) electrons. The van der Waals surface area contributed by atoms with Crippen LogP contribution in [0.1, 0.15) is 34.7 Å². The predicted octanol–water partition coefficient (Wildman–Crippen LogP) is 4.65. The molecule has 1 fully saturated rings. The number of phenolic OH excluding ortho intramolecular Hbond substituents is 1. The van der Waals surface area contributed by atoms with E-state index in [1.54, 1.807) is 36.4 Å². The molecule has 2 N–H and O–H groups in total. The Kier molecular flexibility index (Phi) is 7.94. The highest BCUT2D eigenvalue weighted by molar-refractivity contribution is 6.46. The molecule has 0 spiro atoms. The summed E-state index contributed by atoms with van der Waals surface area (Å²) in [6.07, 6.45) is 0.655. The van der Waals surface area contributed by atoms with Crippen molar-refractivity contribution >= 4 is 17.4 Å². The smallest absolute Gasteiger partial charge is 0.295 e. The van der Waals surface area contributed by atoms with E-state index in [1.807, 2.05) is 44.1 Å². The summed E-state index contributed by atoms with van der Waals surface area (Å²) < 4.78 is 5.87. The van der Waals surface area contributed by atoms with Gasteiger partial charge in [0.15, 0.2) is 0 Å². The predicted molar refractivity (Wildman–Crippen MR) is 142 cm³/mol. The van der Waals surface area contributed by atoms with Crippen LogP contribution in [-0.2, 0) is 16.2 Å².